The predicted octanol–water partition coefficient (Wildman–Crippen LogP) is 16.2. The average Bonchev–Trinajstić information content (AvgIpc) is 3.66. The maximum absolute atomic E-state index is 2.42. The minimum atomic E-state index is 1.11. The Balaban J connectivity index is 0.981. The van der Waals surface area contributed by atoms with E-state index < -0.39 is 0 Å². The molecule has 0 spiro atoms. The lowest BCUT2D eigenvalue weighted by Gasteiger charge is -2.26. The molecule has 0 fully saturated rings. The van der Waals surface area contributed by atoms with Crippen molar-refractivity contribution in [2.75, 3.05) is 4.90 Å². The maximum atomic E-state index is 2.42. The summed E-state index contributed by atoms with van der Waals surface area (Å²) in [7, 11) is 0. The second-order valence-corrected chi connectivity index (χ2v) is 15.7. The molecule has 1 heterocycles. The van der Waals surface area contributed by atoms with Crippen LogP contribution in [-0.2, 0) is 0 Å². The quantitative estimate of drug-likeness (QED) is 0.147. The van der Waals surface area contributed by atoms with Crippen molar-refractivity contribution in [3.8, 4) is 39.1 Å². The minimum Gasteiger partial charge on any atom is -0.311 e. The number of fused-ring (bicyclic) bond motifs is 4. The van der Waals surface area contributed by atoms with Crippen molar-refractivity contribution in [1.82, 2.24) is 4.57 Å². The van der Waals surface area contributed by atoms with Crippen LogP contribution in [0.1, 0.15) is 0 Å². The first-order valence-corrected chi connectivity index (χ1v) is 20.7. The van der Waals surface area contributed by atoms with Crippen LogP contribution < -0.4 is 4.90 Å². The van der Waals surface area contributed by atoms with Crippen LogP contribution in [0.15, 0.2) is 231 Å². The van der Waals surface area contributed by atoms with Crippen LogP contribution >= 0.6 is 0 Å². The summed E-state index contributed by atoms with van der Waals surface area (Å²) in [4.78, 5) is 2.36. The molecule has 0 aliphatic heterocycles. The molecule has 0 atom stereocenters. The van der Waals surface area contributed by atoms with Gasteiger partial charge in [-0.25, -0.2) is 0 Å². The van der Waals surface area contributed by atoms with Crippen molar-refractivity contribution in [2.45, 2.75) is 0 Å². The average molecular weight is 763 g/mol. The van der Waals surface area contributed by atoms with Crippen LogP contribution in [0.25, 0.3) is 93.2 Å². The summed E-state index contributed by atoms with van der Waals surface area (Å²) in [6, 6.07) is 84.0. The molecule has 12 rings (SSSR count). The molecule has 1 aromatic heterocycles. The van der Waals surface area contributed by atoms with Gasteiger partial charge in [0.1, 0.15) is 0 Å². The van der Waals surface area contributed by atoms with E-state index in [9.17, 15) is 0 Å². The molecule has 0 aliphatic rings. The van der Waals surface area contributed by atoms with Crippen molar-refractivity contribution in [2.24, 2.45) is 0 Å². The first kappa shape index (κ1) is 34.1. The molecule has 0 bridgehead atoms. The molecule has 0 aliphatic carbocycles. The highest BCUT2D eigenvalue weighted by molar-refractivity contribution is 6.34. The van der Waals surface area contributed by atoms with Gasteiger partial charge in [0.15, 0.2) is 0 Å². The van der Waals surface area contributed by atoms with Crippen molar-refractivity contribution < 1.29 is 0 Å². The molecule has 0 unspecified atom stereocenters. The molecule has 0 radical (unpaired) electrons. The molecule has 2 heteroatoms. The highest BCUT2D eigenvalue weighted by atomic mass is 15.1. The van der Waals surface area contributed by atoms with Gasteiger partial charge in [0.2, 0.25) is 0 Å². The van der Waals surface area contributed by atoms with Crippen molar-refractivity contribution >= 4 is 71.2 Å². The van der Waals surface area contributed by atoms with Gasteiger partial charge in [0, 0.05) is 33.5 Å². The second kappa shape index (κ2) is 13.9. The maximum Gasteiger partial charge on any atom is 0.0553 e. The number of nitrogens with zero attached hydrogens (tertiary/aromatic N) is 2. The van der Waals surface area contributed by atoms with Crippen molar-refractivity contribution in [1.29, 1.82) is 0 Å². The number of anilines is 3. The number of benzene rings is 11. The Morgan fingerprint density at radius 3 is 1.37 bits per heavy atom. The molecule has 0 saturated heterocycles. The molecule has 12 aromatic rings. The number of aromatic nitrogens is 1. The molecule has 2 nitrogen and oxygen atoms in total. The Hall–Kier alpha value is -7.94. The van der Waals surface area contributed by atoms with Crippen LogP contribution in [0, 0.1) is 0 Å². The van der Waals surface area contributed by atoms with E-state index in [1.54, 1.807) is 0 Å². The van der Waals surface area contributed by atoms with E-state index in [1.807, 2.05) is 0 Å². The van der Waals surface area contributed by atoms with E-state index in [0.29, 0.717) is 0 Å². The first-order valence-electron chi connectivity index (χ1n) is 20.7. The molecule has 0 saturated carbocycles. The normalized spacial score (nSPS) is 11.7. The van der Waals surface area contributed by atoms with Gasteiger partial charge in [0.25, 0.3) is 0 Å². The molecule has 0 N–H and O–H groups in total. The lowest BCUT2D eigenvalue weighted by Crippen LogP contribution is -2.09. The fraction of sp³-hybridized carbons (Fsp3) is 0. The minimum absolute atomic E-state index is 1.11. The van der Waals surface area contributed by atoms with Gasteiger partial charge in [-0.2, -0.15) is 0 Å². The summed E-state index contributed by atoms with van der Waals surface area (Å²) in [6.07, 6.45) is 0. The van der Waals surface area contributed by atoms with Gasteiger partial charge < -0.3 is 9.47 Å². The van der Waals surface area contributed by atoms with Gasteiger partial charge in [-0.1, -0.05) is 170 Å². The highest BCUT2D eigenvalue weighted by Gasteiger charge is 2.20. The third kappa shape index (κ3) is 5.50. The van der Waals surface area contributed by atoms with Gasteiger partial charge in [0.05, 0.1) is 11.0 Å². The zero-order chi connectivity index (χ0) is 39.6. The van der Waals surface area contributed by atoms with E-state index in [-0.39, 0.29) is 0 Å². The fourth-order valence-corrected chi connectivity index (χ4v) is 9.54. The topological polar surface area (TPSA) is 8.17 Å². The number of hydrogen-bond donors (Lipinski definition) is 0. The Morgan fingerprint density at radius 1 is 0.283 bits per heavy atom. The summed E-state index contributed by atoms with van der Waals surface area (Å²) in [6.45, 7) is 0. The van der Waals surface area contributed by atoms with Gasteiger partial charge in [-0.3, -0.25) is 0 Å². The Kier molecular flexibility index (Phi) is 7.89. The van der Waals surface area contributed by atoms with E-state index in [1.165, 1.54) is 93.2 Å². The Labute approximate surface area is 348 Å². The summed E-state index contributed by atoms with van der Waals surface area (Å²) in [5.74, 6) is 0. The van der Waals surface area contributed by atoms with Crippen LogP contribution in [0.5, 0.6) is 0 Å². The highest BCUT2D eigenvalue weighted by Crippen LogP contribution is 2.46. The third-order valence-corrected chi connectivity index (χ3v) is 12.3. The fourth-order valence-electron chi connectivity index (χ4n) is 9.54. The van der Waals surface area contributed by atoms with E-state index in [4.69, 9.17) is 0 Å². The summed E-state index contributed by atoms with van der Waals surface area (Å²) >= 11 is 0. The van der Waals surface area contributed by atoms with Gasteiger partial charge >= 0.3 is 0 Å². The molecule has 0 amide bonds. The van der Waals surface area contributed by atoms with E-state index in [2.05, 4.69) is 240 Å². The first-order chi connectivity index (χ1) is 29.8. The second-order valence-electron chi connectivity index (χ2n) is 15.7. The third-order valence-electron chi connectivity index (χ3n) is 12.3. The molecule has 11 aromatic carbocycles. The SMILES string of the molecule is c1ccc(-c2ccc(N(c3ccc(-c4ccccc4)cc3)c3ccc(-c4ccc5ccc6cc7c(c8ccc4c5c68)c4ccccc4n7-c4ccccc4)cc3)cc2)cc1. The smallest absolute Gasteiger partial charge is 0.0553 e. The lowest BCUT2D eigenvalue weighted by atomic mass is 9.88. The summed E-state index contributed by atoms with van der Waals surface area (Å²) < 4.78 is 2.42. The molecular weight excluding hydrogens is 725 g/mol. The summed E-state index contributed by atoms with van der Waals surface area (Å²) in [5.41, 5.74) is 14.2. The van der Waals surface area contributed by atoms with E-state index in [0.717, 1.165) is 17.1 Å². The molecule has 280 valence electrons. The number of para-hydroxylation sites is 2. The largest absolute Gasteiger partial charge is 0.311 e. The number of hydrogen-bond acceptors (Lipinski definition) is 1. The number of rotatable bonds is 7. The zero-order valence-electron chi connectivity index (χ0n) is 32.8. The predicted molar refractivity (Wildman–Crippen MR) is 255 cm³/mol. The van der Waals surface area contributed by atoms with Gasteiger partial charge in [-0.15, -0.1) is 0 Å². The van der Waals surface area contributed by atoms with Crippen LogP contribution in [-0.4, -0.2) is 4.57 Å². The van der Waals surface area contributed by atoms with Crippen LogP contribution in [0.4, 0.5) is 17.1 Å². The standard InChI is InChI=1S/C58H38N2/c1-4-12-39(13-5-1)41-22-29-47(30-23-41)59(48-31-24-42(25-32-48)40-14-6-2-7-15-40)49-33-26-43(27-34-49)50-35-28-44-20-21-45-38-55-58(53-37-36-51(50)56(44)57(45)53)52-18-10-11-19-54(52)60(55)46-16-8-3-9-17-46/h1-38H. The molecule has 60 heavy (non-hydrogen) atoms. The Bertz CT molecular complexity index is 3400. The monoisotopic (exact) mass is 762 g/mol. The summed E-state index contributed by atoms with van der Waals surface area (Å²) in [5, 5.41) is 10.3. The van der Waals surface area contributed by atoms with Crippen LogP contribution in [0.3, 0.4) is 0 Å². The van der Waals surface area contributed by atoms with Crippen molar-refractivity contribution in [3.63, 3.8) is 0 Å². The van der Waals surface area contributed by atoms with Gasteiger partial charge in [-0.05, 0) is 126 Å². The van der Waals surface area contributed by atoms with Crippen LogP contribution in [0.2, 0.25) is 0 Å². The Morgan fingerprint density at radius 2 is 0.750 bits per heavy atom. The molecular formula is C58H38N2. The van der Waals surface area contributed by atoms with Crippen molar-refractivity contribution in [3.05, 3.63) is 231 Å². The zero-order valence-corrected chi connectivity index (χ0v) is 32.8. The van der Waals surface area contributed by atoms with E-state index >= 15 is 0 Å². The lowest BCUT2D eigenvalue weighted by molar-refractivity contribution is 1.18.